The van der Waals surface area contributed by atoms with Crippen LogP contribution in [-0.4, -0.2) is 46.5 Å². The third kappa shape index (κ3) is 1.86. The Morgan fingerprint density at radius 1 is 0.727 bits per heavy atom. The third-order valence-electron chi connectivity index (χ3n) is 4.94. The van der Waals surface area contributed by atoms with Crippen LogP contribution in [0.2, 0.25) is 0 Å². The highest BCUT2D eigenvalue weighted by Gasteiger charge is 2.59. The highest BCUT2D eigenvalue weighted by atomic mass is 16.2. The third-order valence-corrected chi connectivity index (χ3v) is 4.94. The normalized spacial score (nSPS) is 34.0. The first-order valence-electron chi connectivity index (χ1n) is 7.43. The minimum atomic E-state index is -0.478. The lowest BCUT2D eigenvalue weighted by Crippen LogP contribution is -2.35. The second-order valence-electron chi connectivity index (χ2n) is 6.05. The fourth-order valence-corrected chi connectivity index (χ4v) is 3.93. The van der Waals surface area contributed by atoms with Crippen molar-refractivity contribution in [3.8, 4) is 0 Å². The Morgan fingerprint density at radius 3 is 1.23 bits per heavy atom. The Bertz CT molecular complexity index is 505. The summed E-state index contributed by atoms with van der Waals surface area (Å²) < 4.78 is 0. The van der Waals surface area contributed by atoms with E-state index in [0.29, 0.717) is 0 Å². The fourth-order valence-electron chi connectivity index (χ4n) is 3.93. The molecule has 0 aromatic rings. The summed E-state index contributed by atoms with van der Waals surface area (Å²) in [6, 6.07) is 0. The van der Waals surface area contributed by atoms with E-state index >= 15 is 0 Å². The Kier molecular flexibility index (Phi) is 3.47. The van der Waals surface area contributed by atoms with E-state index in [4.69, 9.17) is 0 Å². The Labute approximate surface area is 128 Å². The number of nitrogens with zero attached hydrogens (tertiary/aromatic N) is 2. The van der Waals surface area contributed by atoms with Gasteiger partial charge < -0.3 is 0 Å². The van der Waals surface area contributed by atoms with Crippen LogP contribution in [0.25, 0.3) is 0 Å². The van der Waals surface area contributed by atoms with Crippen LogP contribution in [0.5, 0.6) is 0 Å². The molecule has 0 spiro atoms. The van der Waals surface area contributed by atoms with Crippen LogP contribution >= 0.6 is 0 Å². The number of fused-ring (bicyclic) bond motifs is 2. The smallest absolute Gasteiger partial charge is 0.233 e. The van der Waals surface area contributed by atoms with E-state index in [9.17, 15) is 19.2 Å². The van der Waals surface area contributed by atoms with Crippen LogP contribution in [0.3, 0.4) is 0 Å². The van der Waals surface area contributed by atoms with Gasteiger partial charge in [0.1, 0.15) is 0 Å². The van der Waals surface area contributed by atoms with Crippen LogP contribution in [0, 0.1) is 23.7 Å². The Balaban J connectivity index is 1.86. The van der Waals surface area contributed by atoms with Crippen molar-refractivity contribution in [1.82, 2.24) is 9.80 Å². The predicted octanol–water partition coefficient (Wildman–Crippen LogP) is 0.355. The topological polar surface area (TPSA) is 74.8 Å². The maximum absolute atomic E-state index is 12.4. The lowest BCUT2D eigenvalue weighted by atomic mass is 9.70. The standard InChI is InChI=1S/C16H18N2O4/c1-3-5-17-13(19)9-7-11-12(8-10(9)14(17)20)16(22)18(6-4-2)15(11)21/h3-4,9-12H,1-2,5-8H2. The molecule has 0 radical (unpaired) electrons. The zero-order valence-electron chi connectivity index (χ0n) is 12.2. The molecular formula is C16H18N2O4. The minimum absolute atomic E-state index is 0.185. The molecule has 1 saturated carbocycles. The summed E-state index contributed by atoms with van der Waals surface area (Å²) in [7, 11) is 0. The van der Waals surface area contributed by atoms with E-state index < -0.39 is 23.7 Å². The van der Waals surface area contributed by atoms with Crippen molar-refractivity contribution < 1.29 is 19.2 Å². The largest absolute Gasteiger partial charge is 0.278 e. The number of likely N-dealkylation sites (tertiary alicyclic amines) is 2. The highest BCUT2D eigenvalue weighted by Crippen LogP contribution is 2.47. The van der Waals surface area contributed by atoms with E-state index in [-0.39, 0.29) is 49.6 Å². The second kappa shape index (κ2) is 5.19. The number of hydrogen-bond acceptors (Lipinski definition) is 4. The van der Waals surface area contributed by atoms with Crippen molar-refractivity contribution >= 4 is 23.6 Å². The molecule has 3 aliphatic rings. The van der Waals surface area contributed by atoms with Gasteiger partial charge in [-0.1, -0.05) is 12.2 Å². The molecule has 0 N–H and O–H groups in total. The van der Waals surface area contributed by atoms with E-state index in [2.05, 4.69) is 13.2 Å². The monoisotopic (exact) mass is 302 g/mol. The molecule has 0 aromatic carbocycles. The molecule has 2 aliphatic heterocycles. The summed E-state index contributed by atoms with van der Waals surface area (Å²) in [5.41, 5.74) is 0. The first kappa shape index (κ1) is 14.7. The van der Waals surface area contributed by atoms with Crippen LogP contribution < -0.4 is 0 Å². The Hall–Kier alpha value is -2.24. The van der Waals surface area contributed by atoms with Gasteiger partial charge in [0.25, 0.3) is 0 Å². The summed E-state index contributed by atoms with van der Waals surface area (Å²) in [6.45, 7) is 7.47. The lowest BCUT2D eigenvalue weighted by molar-refractivity contribution is -0.139. The maximum atomic E-state index is 12.4. The van der Waals surface area contributed by atoms with Crippen molar-refractivity contribution in [2.45, 2.75) is 12.8 Å². The van der Waals surface area contributed by atoms with Gasteiger partial charge in [-0.05, 0) is 12.8 Å². The molecule has 2 heterocycles. The molecule has 6 nitrogen and oxygen atoms in total. The van der Waals surface area contributed by atoms with Crippen LogP contribution in [0.1, 0.15) is 12.8 Å². The first-order valence-corrected chi connectivity index (χ1v) is 7.43. The van der Waals surface area contributed by atoms with Gasteiger partial charge in [0.2, 0.25) is 23.6 Å². The van der Waals surface area contributed by atoms with E-state index in [0.717, 1.165) is 0 Å². The van der Waals surface area contributed by atoms with Gasteiger partial charge in [-0.3, -0.25) is 29.0 Å². The van der Waals surface area contributed by atoms with Crippen molar-refractivity contribution in [1.29, 1.82) is 0 Å². The summed E-state index contributed by atoms with van der Waals surface area (Å²) in [5, 5.41) is 0. The number of hydrogen-bond donors (Lipinski definition) is 0. The molecule has 1 aliphatic carbocycles. The molecule has 2 saturated heterocycles. The quantitative estimate of drug-likeness (QED) is 0.555. The first-order chi connectivity index (χ1) is 10.5. The van der Waals surface area contributed by atoms with Gasteiger partial charge in [0.15, 0.2) is 0 Å². The highest BCUT2D eigenvalue weighted by molar-refractivity contribution is 6.09. The van der Waals surface area contributed by atoms with Crippen LogP contribution in [0.4, 0.5) is 0 Å². The molecule has 4 atom stereocenters. The van der Waals surface area contributed by atoms with Crippen molar-refractivity contribution in [3.05, 3.63) is 25.3 Å². The maximum Gasteiger partial charge on any atom is 0.233 e. The van der Waals surface area contributed by atoms with Crippen LogP contribution in [0.15, 0.2) is 25.3 Å². The van der Waals surface area contributed by atoms with E-state index in [1.807, 2.05) is 0 Å². The molecule has 4 amide bonds. The van der Waals surface area contributed by atoms with Gasteiger partial charge in [0.05, 0.1) is 23.7 Å². The van der Waals surface area contributed by atoms with Gasteiger partial charge in [0, 0.05) is 13.1 Å². The fraction of sp³-hybridized carbons (Fsp3) is 0.500. The molecule has 116 valence electrons. The molecule has 6 heteroatoms. The zero-order chi connectivity index (χ0) is 16.0. The predicted molar refractivity (Wildman–Crippen MR) is 77.0 cm³/mol. The number of carbonyl (C=O) groups is 4. The van der Waals surface area contributed by atoms with E-state index in [1.165, 1.54) is 22.0 Å². The van der Waals surface area contributed by atoms with Crippen LogP contribution in [-0.2, 0) is 19.2 Å². The number of carbonyl (C=O) groups excluding carboxylic acids is 4. The number of rotatable bonds is 4. The average Bonchev–Trinajstić information content (AvgIpc) is 2.88. The minimum Gasteiger partial charge on any atom is -0.278 e. The average molecular weight is 302 g/mol. The van der Waals surface area contributed by atoms with Crippen molar-refractivity contribution in [2.24, 2.45) is 23.7 Å². The summed E-state index contributed by atoms with van der Waals surface area (Å²) in [4.78, 5) is 51.8. The second-order valence-corrected chi connectivity index (χ2v) is 6.05. The van der Waals surface area contributed by atoms with Gasteiger partial charge in [-0.25, -0.2) is 0 Å². The molecular weight excluding hydrogens is 284 g/mol. The molecule has 3 fully saturated rings. The summed E-state index contributed by atoms with van der Waals surface area (Å²) in [5.74, 6) is -2.87. The number of imide groups is 2. The number of amides is 4. The molecule has 4 unspecified atom stereocenters. The Morgan fingerprint density at radius 2 is 1.00 bits per heavy atom. The van der Waals surface area contributed by atoms with Crippen molar-refractivity contribution in [2.75, 3.05) is 13.1 Å². The molecule has 3 rings (SSSR count). The molecule has 0 bridgehead atoms. The van der Waals surface area contributed by atoms with Crippen molar-refractivity contribution in [3.63, 3.8) is 0 Å². The van der Waals surface area contributed by atoms with Gasteiger partial charge in [-0.2, -0.15) is 0 Å². The molecule has 0 aromatic heterocycles. The molecule has 22 heavy (non-hydrogen) atoms. The summed E-state index contributed by atoms with van der Waals surface area (Å²) in [6.07, 6.45) is 3.59. The van der Waals surface area contributed by atoms with Gasteiger partial charge >= 0.3 is 0 Å². The van der Waals surface area contributed by atoms with E-state index in [1.54, 1.807) is 0 Å². The summed E-state index contributed by atoms with van der Waals surface area (Å²) >= 11 is 0. The van der Waals surface area contributed by atoms with Gasteiger partial charge in [-0.15, -0.1) is 13.2 Å². The zero-order valence-corrected chi connectivity index (χ0v) is 12.2. The lowest BCUT2D eigenvalue weighted by Gasteiger charge is -2.28. The SMILES string of the molecule is C=CCN1C(=O)C2CC3C(=O)N(CC=C)C(=O)C3CC2C1=O.